The molecule has 0 aliphatic carbocycles. The van der Waals surface area contributed by atoms with Crippen molar-refractivity contribution < 1.29 is 5.11 Å². The molecule has 1 unspecified atom stereocenters. The van der Waals surface area contributed by atoms with Crippen molar-refractivity contribution in [2.45, 2.75) is 33.3 Å². The lowest BCUT2D eigenvalue weighted by Crippen LogP contribution is -2.23. The fraction of sp³-hybridized carbons (Fsp3) is 0.333. The van der Waals surface area contributed by atoms with E-state index in [9.17, 15) is 5.11 Å². The number of hydrogen-bond donors (Lipinski definition) is 1. The molecular formula is C15H18OS. The zero-order valence-electron chi connectivity index (χ0n) is 10.7. The van der Waals surface area contributed by atoms with E-state index >= 15 is 0 Å². The van der Waals surface area contributed by atoms with Gasteiger partial charge in [0.15, 0.2) is 0 Å². The number of aryl methyl sites for hydroxylation is 3. The first-order chi connectivity index (χ1) is 7.93. The Kier molecular flexibility index (Phi) is 3.11. The third-order valence-corrected chi connectivity index (χ3v) is 4.44. The van der Waals surface area contributed by atoms with Gasteiger partial charge in [0.25, 0.3) is 0 Å². The Morgan fingerprint density at radius 3 is 2.29 bits per heavy atom. The number of hydrogen-bond acceptors (Lipinski definition) is 2. The Bertz CT molecular complexity index is 538. The van der Waals surface area contributed by atoms with E-state index in [0.29, 0.717) is 0 Å². The molecule has 2 aromatic rings. The summed E-state index contributed by atoms with van der Waals surface area (Å²) in [6.07, 6.45) is 0. The van der Waals surface area contributed by atoms with Crippen molar-refractivity contribution in [1.82, 2.24) is 0 Å². The minimum Gasteiger partial charge on any atom is -0.380 e. The van der Waals surface area contributed by atoms with Gasteiger partial charge in [-0.1, -0.05) is 23.8 Å². The Morgan fingerprint density at radius 1 is 1.06 bits per heavy atom. The minimum absolute atomic E-state index is 0.893. The van der Waals surface area contributed by atoms with Crippen LogP contribution in [-0.2, 0) is 5.60 Å². The summed E-state index contributed by atoms with van der Waals surface area (Å²) >= 11 is 1.61. The third-order valence-electron chi connectivity index (χ3n) is 3.21. The van der Waals surface area contributed by atoms with Crippen LogP contribution in [-0.4, -0.2) is 5.11 Å². The van der Waals surface area contributed by atoms with Gasteiger partial charge < -0.3 is 5.11 Å². The molecule has 0 saturated carbocycles. The van der Waals surface area contributed by atoms with Gasteiger partial charge in [0.1, 0.15) is 5.60 Å². The Hall–Kier alpha value is -1.12. The van der Waals surface area contributed by atoms with Crippen LogP contribution >= 0.6 is 11.3 Å². The van der Waals surface area contributed by atoms with Crippen molar-refractivity contribution >= 4 is 11.3 Å². The maximum Gasteiger partial charge on any atom is 0.121 e. The Labute approximate surface area is 107 Å². The van der Waals surface area contributed by atoms with E-state index in [1.807, 2.05) is 25.3 Å². The summed E-state index contributed by atoms with van der Waals surface area (Å²) < 4.78 is 0. The summed E-state index contributed by atoms with van der Waals surface area (Å²) in [7, 11) is 0. The molecule has 0 bridgehead atoms. The maximum atomic E-state index is 10.8. The van der Waals surface area contributed by atoms with Gasteiger partial charge >= 0.3 is 0 Å². The van der Waals surface area contributed by atoms with E-state index in [1.165, 1.54) is 5.56 Å². The summed E-state index contributed by atoms with van der Waals surface area (Å²) in [5.41, 5.74) is 3.62. The molecule has 0 fully saturated rings. The molecule has 0 saturated heterocycles. The predicted molar refractivity (Wildman–Crippen MR) is 73.6 cm³/mol. The summed E-state index contributed by atoms with van der Waals surface area (Å²) in [6, 6.07) is 8.26. The van der Waals surface area contributed by atoms with E-state index in [0.717, 1.165) is 21.6 Å². The molecule has 0 spiro atoms. The van der Waals surface area contributed by atoms with Gasteiger partial charge in [0, 0.05) is 4.88 Å². The van der Waals surface area contributed by atoms with E-state index in [2.05, 4.69) is 32.0 Å². The molecule has 1 N–H and O–H groups in total. The van der Waals surface area contributed by atoms with Gasteiger partial charge in [-0.25, -0.2) is 0 Å². The second-order valence-corrected chi connectivity index (χ2v) is 5.74. The van der Waals surface area contributed by atoms with Crippen LogP contribution in [0.4, 0.5) is 0 Å². The van der Waals surface area contributed by atoms with Crippen molar-refractivity contribution in [2.24, 2.45) is 0 Å². The monoisotopic (exact) mass is 246 g/mol. The lowest BCUT2D eigenvalue weighted by Gasteiger charge is -2.26. The third kappa shape index (κ3) is 2.15. The lowest BCUT2D eigenvalue weighted by molar-refractivity contribution is 0.105. The molecule has 1 aromatic heterocycles. The highest BCUT2D eigenvalue weighted by molar-refractivity contribution is 7.10. The SMILES string of the molecule is Cc1ccc(C(C)(O)c2sccc2C)c(C)c1. The Balaban J connectivity index is 2.55. The molecule has 90 valence electrons. The largest absolute Gasteiger partial charge is 0.380 e. The van der Waals surface area contributed by atoms with Gasteiger partial charge in [-0.3, -0.25) is 0 Å². The zero-order valence-corrected chi connectivity index (χ0v) is 11.6. The van der Waals surface area contributed by atoms with Crippen LogP contribution in [0.25, 0.3) is 0 Å². The number of aliphatic hydroxyl groups is 1. The van der Waals surface area contributed by atoms with Gasteiger partial charge in [0.2, 0.25) is 0 Å². The van der Waals surface area contributed by atoms with E-state index in [4.69, 9.17) is 0 Å². The van der Waals surface area contributed by atoms with Gasteiger partial charge in [-0.15, -0.1) is 11.3 Å². The van der Waals surface area contributed by atoms with Crippen LogP contribution in [0.5, 0.6) is 0 Å². The number of benzene rings is 1. The molecule has 1 nitrogen and oxygen atoms in total. The summed E-state index contributed by atoms with van der Waals surface area (Å²) in [5, 5.41) is 12.8. The highest BCUT2D eigenvalue weighted by Gasteiger charge is 2.29. The topological polar surface area (TPSA) is 20.2 Å². The highest BCUT2D eigenvalue weighted by Crippen LogP contribution is 2.36. The van der Waals surface area contributed by atoms with Crippen molar-refractivity contribution in [3.63, 3.8) is 0 Å². The molecule has 1 heterocycles. The quantitative estimate of drug-likeness (QED) is 0.851. The van der Waals surface area contributed by atoms with E-state index < -0.39 is 5.60 Å². The molecule has 17 heavy (non-hydrogen) atoms. The standard InChI is InChI=1S/C15H18OS/c1-10-5-6-13(12(3)9-10)15(4,16)14-11(2)7-8-17-14/h5-9,16H,1-4H3. The first-order valence-electron chi connectivity index (χ1n) is 5.77. The zero-order chi connectivity index (χ0) is 12.6. The molecule has 2 rings (SSSR count). The number of rotatable bonds is 2. The van der Waals surface area contributed by atoms with Crippen LogP contribution in [0.2, 0.25) is 0 Å². The van der Waals surface area contributed by atoms with Crippen LogP contribution < -0.4 is 0 Å². The molecule has 1 aromatic carbocycles. The summed E-state index contributed by atoms with van der Waals surface area (Å²) in [6.45, 7) is 8.05. The minimum atomic E-state index is -0.893. The number of thiophene rings is 1. The summed E-state index contributed by atoms with van der Waals surface area (Å²) in [4.78, 5) is 1.03. The molecule has 0 radical (unpaired) electrons. The predicted octanol–water partition coefficient (Wildman–Crippen LogP) is 3.93. The Morgan fingerprint density at radius 2 is 1.76 bits per heavy atom. The molecule has 0 amide bonds. The van der Waals surface area contributed by atoms with Crippen LogP contribution in [0.3, 0.4) is 0 Å². The summed E-state index contributed by atoms with van der Waals surface area (Å²) in [5.74, 6) is 0. The highest BCUT2D eigenvalue weighted by atomic mass is 32.1. The normalized spacial score (nSPS) is 14.6. The van der Waals surface area contributed by atoms with Gasteiger partial charge in [0.05, 0.1) is 0 Å². The van der Waals surface area contributed by atoms with Gasteiger partial charge in [-0.2, -0.15) is 0 Å². The van der Waals surface area contributed by atoms with Crippen LogP contribution in [0, 0.1) is 20.8 Å². The first kappa shape index (κ1) is 12.3. The van der Waals surface area contributed by atoms with Crippen molar-refractivity contribution in [2.75, 3.05) is 0 Å². The maximum absolute atomic E-state index is 10.8. The van der Waals surface area contributed by atoms with Crippen molar-refractivity contribution in [1.29, 1.82) is 0 Å². The second-order valence-electron chi connectivity index (χ2n) is 4.82. The van der Waals surface area contributed by atoms with Crippen LogP contribution in [0.15, 0.2) is 29.6 Å². The molecule has 1 atom stereocenters. The molecule has 0 aliphatic heterocycles. The van der Waals surface area contributed by atoms with E-state index in [1.54, 1.807) is 11.3 Å². The average molecular weight is 246 g/mol. The van der Waals surface area contributed by atoms with Crippen molar-refractivity contribution in [3.8, 4) is 0 Å². The van der Waals surface area contributed by atoms with E-state index in [-0.39, 0.29) is 0 Å². The second kappa shape index (κ2) is 4.28. The smallest absolute Gasteiger partial charge is 0.121 e. The fourth-order valence-electron chi connectivity index (χ4n) is 2.35. The average Bonchev–Trinajstić information content (AvgIpc) is 2.64. The van der Waals surface area contributed by atoms with Crippen LogP contribution in [0.1, 0.15) is 34.1 Å². The van der Waals surface area contributed by atoms with Crippen molar-refractivity contribution in [3.05, 3.63) is 56.8 Å². The molecular weight excluding hydrogens is 228 g/mol. The molecule has 2 heteroatoms. The molecule has 0 aliphatic rings. The first-order valence-corrected chi connectivity index (χ1v) is 6.65. The van der Waals surface area contributed by atoms with Gasteiger partial charge in [-0.05, 0) is 55.8 Å². The fourth-order valence-corrected chi connectivity index (χ4v) is 3.36. The lowest BCUT2D eigenvalue weighted by atomic mass is 9.88.